The summed E-state index contributed by atoms with van der Waals surface area (Å²) in [4.78, 5) is 0. The van der Waals surface area contributed by atoms with Crippen molar-refractivity contribution in [2.45, 2.75) is 0 Å². The molecule has 0 radical (unpaired) electrons. The Morgan fingerprint density at radius 1 is 0.311 bits per heavy atom. The molecular formula is C48H42Ag2F12N4O6Sb2. The summed E-state index contributed by atoms with van der Waals surface area (Å²) < 4.78 is 21.7. The molecule has 0 saturated carbocycles. The van der Waals surface area contributed by atoms with E-state index in [1.165, 1.54) is 0 Å². The minimum absolute atomic E-state index is 0. The minimum Gasteiger partial charge on any atom is -1.00 e. The van der Waals surface area contributed by atoms with Crippen molar-refractivity contribution in [2.24, 2.45) is 0 Å². The van der Waals surface area contributed by atoms with Gasteiger partial charge in [-0.25, -0.2) is 0 Å². The van der Waals surface area contributed by atoms with Crippen LogP contribution in [0, 0.1) is 0 Å². The van der Waals surface area contributed by atoms with Gasteiger partial charge in [0.25, 0.3) is 0 Å². The summed E-state index contributed by atoms with van der Waals surface area (Å²) in [5, 5.41) is 19.1. The van der Waals surface area contributed by atoms with E-state index < -0.39 is 0 Å². The van der Waals surface area contributed by atoms with Crippen molar-refractivity contribution in [1.29, 1.82) is 0 Å². The molecule has 0 saturated heterocycles. The number of nitrogens with one attached hydrogen (secondary N) is 2. The average Bonchev–Trinajstić information content (AvgIpc) is 4.13. The fraction of sp³-hybridized carbons (Fsp3) is 0. The fourth-order valence-electron chi connectivity index (χ4n) is 5.73. The van der Waals surface area contributed by atoms with E-state index in [9.17, 15) is 0 Å². The molecule has 6 heterocycles. The Hall–Kier alpha value is -5.64. The van der Waals surface area contributed by atoms with Crippen LogP contribution in [0.15, 0.2) is 237 Å². The van der Waals surface area contributed by atoms with Gasteiger partial charge in [-0.15, -0.1) is 22.3 Å². The van der Waals surface area contributed by atoms with E-state index in [1.807, 2.05) is 194 Å². The SMILES string of the molecule is O.O.[Ag+].[Ag+].[F-].[F-].[F-].[F-].[F-].[F-].[F-].[F-].[F-].[F-].[F-].[F-].[Sb+5].[Sb+5].c1ccccc1.c1ccccc1.c1ccccc1.c1coc(-c2n[nH+]c(-c3ccco3)c3[cH-]ccc23)c1.c1coc(-c2n[nH+]c(-c3ccco3)c3[cH-]ccc23)c1. The Bertz CT molecular complexity index is 2310. The zero-order chi connectivity index (χ0) is 38.0. The second-order valence-electron chi connectivity index (χ2n) is 12.0. The van der Waals surface area contributed by atoms with Crippen molar-refractivity contribution in [3.8, 4) is 45.8 Å². The van der Waals surface area contributed by atoms with Gasteiger partial charge in [0.15, 0.2) is 22.9 Å². The zero-order valence-electron chi connectivity index (χ0n) is 37.3. The molecule has 74 heavy (non-hydrogen) atoms. The van der Waals surface area contributed by atoms with Gasteiger partial charge in [-0.05, 0) is 58.7 Å². The molecule has 5 aromatic carbocycles. The van der Waals surface area contributed by atoms with Crippen LogP contribution in [-0.2, 0) is 44.8 Å². The van der Waals surface area contributed by atoms with Crippen LogP contribution in [0.1, 0.15) is 0 Å². The van der Waals surface area contributed by atoms with Crippen molar-refractivity contribution >= 4 is 70.4 Å². The van der Waals surface area contributed by atoms with Gasteiger partial charge in [0.1, 0.15) is 22.9 Å². The number of fused-ring (bicyclic) bond motifs is 2. The van der Waals surface area contributed by atoms with E-state index in [1.54, 1.807) is 25.1 Å². The topological polar surface area (TPSA) is 170 Å². The van der Waals surface area contributed by atoms with Crippen LogP contribution in [0.4, 0.5) is 0 Å². The maximum Gasteiger partial charge on any atom is 5.00 e. The molecule has 0 spiro atoms. The number of rotatable bonds is 4. The van der Waals surface area contributed by atoms with E-state index in [0.717, 1.165) is 67.4 Å². The summed E-state index contributed by atoms with van der Waals surface area (Å²) in [7, 11) is 0. The van der Waals surface area contributed by atoms with E-state index in [0.29, 0.717) is 0 Å². The molecule has 0 fully saturated rings. The minimum atomic E-state index is 0. The van der Waals surface area contributed by atoms with Crippen LogP contribution in [0.5, 0.6) is 0 Å². The number of halogens is 12. The van der Waals surface area contributed by atoms with Gasteiger partial charge in [-0.2, -0.15) is 24.3 Å². The molecule has 0 aliphatic rings. The maximum absolute atomic E-state index is 5.43. The monoisotopic (exact) mass is 1450 g/mol. The standard InChI is InChI=1S/2C15H9N2O2.3C6H6.2Ag.12FH.2H2O.2Sb/c2*1-4-10-11(5-1)15(13-7-3-9-19-13)17-16-14(10)12-6-2-8-18-12;3*1-2-4-6-5-3-1;;;;;;;;;;;;;;;;;;/h2*1-9H;3*1-6H;;;12*1H;2*1H2;;/q2*-1;;;;2*+1;;;;;;;;;;;;;;;2*+5/p-10. The van der Waals surface area contributed by atoms with E-state index >= 15 is 0 Å². The Kier molecular flexibility index (Phi) is 70.8. The Morgan fingerprint density at radius 3 is 0.730 bits per heavy atom. The molecule has 406 valence electrons. The van der Waals surface area contributed by atoms with Gasteiger partial charge in [0.2, 0.25) is 0 Å². The van der Waals surface area contributed by atoms with Crippen LogP contribution in [-0.4, -0.2) is 70.0 Å². The van der Waals surface area contributed by atoms with E-state index in [2.05, 4.69) is 20.4 Å². The number of aromatic nitrogens is 4. The molecule has 0 atom stereocenters. The molecule has 0 bridgehead atoms. The summed E-state index contributed by atoms with van der Waals surface area (Å²) in [6.45, 7) is 0. The summed E-state index contributed by atoms with van der Waals surface area (Å²) in [5.41, 5.74) is 3.36. The van der Waals surface area contributed by atoms with Gasteiger partial charge >= 0.3 is 93.6 Å². The third-order valence-corrected chi connectivity index (χ3v) is 8.28. The molecule has 10 nitrogen and oxygen atoms in total. The molecule has 6 aromatic heterocycles. The zero-order valence-corrected chi connectivity index (χ0v) is 45.4. The first-order chi connectivity index (χ1) is 27.9. The molecular weight excluding hydrogens is 1420 g/mol. The van der Waals surface area contributed by atoms with Gasteiger partial charge < -0.3 is 85.1 Å². The summed E-state index contributed by atoms with van der Waals surface area (Å²) >= 11 is 0. The smallest absolute Gasteiger partial charge is 1.00 e. The largest absolute Gasteiger partial charge is 5.00 e. The second-order valence-corrected chi connectivity index (χ2v) is 12.0. The third-order valence-electron chi connectivity index (χ3n) is 8.28. The van der Waals surface area contributed by atoms with E-state index in [-0.39, 0.29) is 161 Å². The number of furan rings is 4. The molecule has 0 unspecified atom stereocenters. The molecule has 6 N–H and O–H groups in total. The number of H-pyrrole nitrogens is 2. The number of benzene rings is 3. The molecule has 26 heteroatoms. The van der Waals surface area contributed by atoms with Crippen LogP contribution in [0.3, 0.4) is 0 Å². The van der Waals surface area contributed by atoms with Crippen molar-refractivity contribution in [3.63, 3.8) is 0 Å². The molecule has 11 rings (SSSR count). The van der Waals surface area contributed by atoms with Gasteiger partial charge in [-0.1, -0.05) is 131 Å². The first-order valence-corrected chi connectivity index (χ1v) is 18.0. The Morgan fingerprint density at radius 2 is 0.527 bits per heavy atom. The molecule has 0 aliphatic heterocycles. The first-order valence-electron chi connectivity index (χ1n) is 18.0. The summed E-state index contributed by atoms with van der Waals surface area (Å²) in [5.74, 6) is 3.04. The summed E-state index contributed by atoms with van der Waals surface area (Å²) in [6.07, 6.45) is 6.59. The van der Waals surface area contributed by atoms with Gasteiger partial charge in [0, 0.05) is 0 Å². The van der Waals surface area contributed by atoms with Crippen LogP contribution >= 0.6 is 0 Å². The predicted molar refractivity (Wildman–Crippen MR) is 237 cm³/mol. The van der Waals surface area contributed by atoms with Crippen molar-refractivity contribution in [1.82, 2.24) is 10.2 Å². The number of hydrogen-bond acceptors (Lipinski definition) is 6. The summed E-state index contributed by atoms with van der Waals surface area (Å²) in [6, 6.07) is 63.2. The number of aromatic amines is 2. The third kappa shape index (κ3) is 27.1. The molecule has 11 aromatic rings. The van der Waals surface area contributed by atoms with Crippen LogP contribution in [0.25, 0.3) is 67.4 Å². The normalized spacial score (nSPS) is 7.68. The Balaban J connectivity index is -0.0000000660. The first kappa shape index (κ1) is 97.6. The van der Waals surface area contributed by atoms with Crippen molar-refractivity contribution in [2.75, 3.05) is 0 Å². The fourth-order valence-corrected chi connectivity index (χ4v) is 5.73. The van der Waals surface area contributed by atoms with Crippen molar-refractivity contribution in [3.05, 3.63) is 219 Å². The molecule has 0 aliphatic carbocycles. The quantitative estimate of drug-likeness (QED) is 0.0965. The number of nitrogens with zero attached hydrogens (tertiary/aromatic N) is 2. The second kappa shape index (κ2) is 53.6. The number of hydrogen-bond donors (Lipinski definition) is 0. The van der Waals surface area contributed by atoms with Crippen molar-refractivity contribution < 1.29 is 140 Å². The van der Waals surface area contributed by atoms with Crippen LogP contribution < -0.4 is 66.7 Å². The van der Waals surface area contributed by atoms with Gasteiger partial charge in [0.05, 0.1) is 25.1 Å². The van der Waals surface area contributed by atoms with Crippen LogP contribution in [0.2, 0.25) is 0 Å². The van der Waals surface area contributed by atoms with E-state index in [4.69, 9.17) is 17.7 Å². The predicted octanol–water partition coefficient (Wildman–Crippen LogP) is -26.7. The maximum atomic E-state index is 5.43. The Labute approximate surface area is 481 Å². The molecule has 0 amide bonds. The average molecular weight is 1460 g/mol. The van der Waals surface area contributed by atoms with Gasteiger partial charge in [-0.3, -0.25) is 0 Å².